The van der Waals surface area contributed by atoms with Gasteiger partial charge in [0.05, 0.1) is 23.3 Å². The summed E-state index contributed by atoms with van der Waals surface area (Å²) in [7, 11) is 4.37. The van der Waals surface area contributed by atoms with Crippen molar-refractivity contribution in [1.29, 1.82) is 5.26 Å². The average molecular weight is 443 g/mol. The van der Waals surface area contributed by atoms with Crippen LogP contribution in [0.4, 0.5) is 10.5 Å². The third kappa shape index (κ3) is 3.61. The number of nitriles is 1. The molecule has 33 heavy (non-hydrogen) atoms. The Morgan fingerprint density at radius 1 is 1.00 bits per heavy atom. The molecule has 5 heteroatoms. The Bertz CT molecular complexity index is 1050. The smallest absolute Gasteiger partial charge is 0.317 e. The maximum atomic E-state index is 13.8. The molecule has 0 radical (unpaired) electrons. The van der Waals surface area contributed by atoms with E-state index in [4.69, 9.17) is 0 Å². The first kappa shape index (κ1) is 22.0. The zero-order chi connectivity index (χ0) is 23.1. The van der Waals surface area contributed by atoms with Crippen molar-refractivity contribution in [3.63, 3.8) is 0 Å². The fourth-order valence-electron chi connectivity index (χ4n) is 6.29. The van der Waals surface area contributed by atoms with Crippen molar-refractivity contribution in [2.75, 3.05) is 32.1 Å². The number of hydrogen-bond acceptors (Lipinski definition) is 3. The standard InChI is InChI=1S/C28H34N4O/c1-30(2)28(24-12-4-3-5-13-24)17-15-27(16-18-28)21-31(25-14-7-6-11-23(25)19-29)26(33)32(27)20-22-9-8-10-22/h3-7,11-14,22H,8-10,15-18,20-21H2,1-2H3. The van der Waals surface area contributed by atoms with Gasteiger partial charge < -0.3 is 4.90 Å². The molecule has 2 aromatic carbocycles. The number of carbonyl (C=O) groups is 1. The van der Waals surface area contributed by atoms with E-state index in [0.29, 0.717) is 18.0 Å². The van der Waals surface area contributed by atoms with Crippen molar-refractivity contribution in [3.8, 4) is 6.07 Å². The van der Waals surface area contributed by atoms with Crippen LogP contribution in [-0.2, 0) is 5.54 Å². The molecule has 172 valence electrons. The van der Waals surface area contributed by atoms with E-state index >= 15 is 0 Å². The summed E-state index contributed by atoms with van der Waals surface area (Å²) in [5.74, 6) is 0.617. The van der Waals surface area contributed by atoms with Gasteiger partial charge in [0.2, 0.25) is 0 Å². The van der Waals surface area contributed by atoms with Crippen LogP contribution in [0.15, 0.2) is 54.6 Å². The molecule has 0 aromatic heterocycles. The number of rotatable bonds is 5. The number of nitrogens with zero attached hydrogens (tertiary/aromatic N) is 4. The molecule has 0 N–H and O–H groups in total. The van der Waals surface area contributed by atoms with Crippen LogP contribution in [0.1, 0.15) is 56.1 Å². The predicted molar refractivity (Wildman–Crippen MR) is 131 cm³/mol. The molecule has 3 fully saturated rings. The van der Waals surface area contributed by atoms with E-state index in [1.54, 1.807) is 0 Å². The van der Waals surface area contributed by atoms with Gasteiger partial charge in [-0.15, -0.1) is 0 Å². The number of hydrogen-bond donors (Lipinski definition) is 0. The number of para-hydroxylation sites is 1. The van der Waals surface area contributed by atoms with Gasteiger partial charge in [-0.25, -0.2) is 4.79 Å². The van der Waals surface area contributed by atoms with Gasteiger partial charge in [-0.2, -0.15) is 5.26 Å². The highest BCUT2D eigenvalue weighted by molar-refractivity contribution is 5.96. The van der Waals surface area contributed by atoms with E-state index < -0.39 is 0 Å². The van der Waals surface area contributed by atoms with E-state index in [1.165, 1.54) is 24.8 Å². The third-order valence-electron chi connectivity index (χ3n) is 8.64. The number of urea groups is 1. The second kappa shape index (κ2) is 8.50. The first-order chi connectivity index (χ1) is 16.0. The first-order valence-electron chi connectivity index (χ1n) is 12.3. The monoisotopic (exact) mass is 442 g/mol. The lowest BCUT2D eigenvalue weighted by Gasteiger charge is -2.51. The van der Waals surface area contributed by atoms with Crippen molar-refractivity contribution >= 4 is 11.7 Å². The van der Waals surface area contributed by atoms with Gasteiger partial charge in [0.25, 0.3) is 0 Å². The molecule has 1 saturated heterocycles. The normalized spacial score (nSPS) is 27.8. The molecule has 2 amide bonds. The summed E-state index contributed by atoms with van der Waals surface area (Å²) in [6, 6.07) is 20.8. The maximum Gasteiger partial charge on any atom is 0.325 e. The Hall–Kier alpha value is -2.84. The summed E-state index contributed by atoms with van der Waals surface area (Å²) < 4.78 is 0. The van der Waals surface area contributed by atoms with Gasteiger partial charge >= 0.3 is 6.03 Å². The van der Waals surface area contributed by atoms with Crippen LogP contribution in [-0.4, -0.2) is 48.6 Å². The number of anilines is 1. The quantitative estimate of drug-likeness (QED) is 0.625. The van der Waals surface area contributed by atoms with E-state index in [0.717, 1.165) is 37.9 Å². The summed E-state index contributed by atoms with van der Waals surface area (Å²) in [5, 5.41) is 9.67. The molecule has 0 unspecified atom stereocenters. The van der Waals surface area contributed by atoms with Gasteiger partial charge in [0.15, 0.2) is 0 Å². The maximum absolute atomic E-state index is 13.8. The summed E-state index contributed by atoms with van der Waals surface area (Å²) >= 11 is 0. The lowest BCUT2D eigenvalue weighted by molar-refractivity contribution is 0.0172. The molecular weight excluding hydrogens is 408 g/mol. The highest BCUT2D eigenvalue weighted by Gasteiger charge is 2.55. The molecule has 3 aliphatic rings. The SMILES string of the molecule is CN(C)C1(c2ccccc2)CCC2(CC1)CN(c1ccccc1C#N)C(=O)N2CC1CCC1. The van der Waals surface area contributed by atoms with Crippen molar-refractivity contribution in [1.82, 2.24) is 9.80 Å². The summed E-state index contributed by atoms with van der Waals surface area (Å²) in [4.78, 5) is 20.3. The fourth-order valence-corrected chi connectivity index (χ4v) is 6.29. The van der Waals surface area contributed by atoms with Crippen molar-refractivity contribution < 1.29 is 4.79 Å². The number of benzene rings is 2. The molecule has 1 aliphatic heterocycles. The Kier molecular flexibility index (Phi) is 5.66. The molecular formula is C28H34N4O. The van der Waals surface area contributed by atoms with Crippen molar-refractivity contribution in [2.45, 2.75) is 56.0 Å². The molecule has 2 aliphatic carbocycles. The molecule has 0 bridgehead atoms. The Balaban J connectivity index is 1.47. The van der Waals surface area contributed by atoms with Crippen molar-refractivity contribution in [2.24, 2.45) is 5.92 Å². The molecule has 0 atom stereocenters. The zero-order valence-corrected chi connectivity index (χ0v) is 19.8. The lowest BCUT2D eigenvalue weighted by atomic mass is 9.68. The molecule has 5 rings (SSSR count). The summed E-state index contributed by atoms with van der Waals surface area (Å²) in [5.41, 5.74) is 2.53. The van der Waals surface area contributed by atoms with Crippen molar-refractivity contribution in [3.05, 3.63) is 65.7 Å². The first-order valence-corrected chi connectivity index (χ1v) is 12.3. The van der Waals surface area contributed by atoms with Crippen LogP contribution in [0, 0.1) is 17.2 Å². The van der Waals surface area contributed by atoms with Gasteiger partial charge in [0.1, 0.15) is 6.07 Å². The lowest BCUT2D eigenvalue weighted by Crippen LogP contribution is -2.56. The van der Waals surface area contributed by atoms with Crippen LogP contribution in [0.5, 0.6) is 0 Å². The Labute approximate surface area is 197 Å². The number of amides is 2. The topological polar surface area (TPSA) is 50.6 Å². The van der Waals surface area contributed by atoms with Gasteiger partial charge in [-0.1, -0.05) is 48.9 Å². The molecule has 1 spiro atoms. The van der Waals surface area contributed by atoms with E-state index in [2.05, 4.69) is 60.3 Å². The minimum atomic E-state index is -0.163. The molecule has 2 saturated carbocycles. The Morgan fingerprint density at radius 3 is 2.27 bits per heavy atom. The van der Waals surface area contributed by atoms with Crippen LogP contribution >= 0.6 is 0 Å². The highest BCUT2D eigenvalue weighted by atomic mass is 16.2. The van der Waals surface area contributed by atoms with Gasteiger partial charge in [-0.3, -0.25) is 9.80 Å². The van der Waals surface area contributed by atoms with Crippen LogP contribution in [0.2, 0.25) is 0 Å². The van der Waals surface area contributed by atoms with Gasteiger partial charge in [-0.05, 0) is 76.2 Å². The summed E-state index contributed by atoms with van der Waals surface area (Å²) in [6.07, 6.45) is 7.71. The van der Waals surface area contributed by atoms with E-state index in [-0.39, 0.29) is 17.1 Å². The molecule has 2 aromatic rings. The largest absolute Gasteiger partial charge is 0.325 e. The zero-order valence-electron chi connectivity index (χ0n) is 19.8. The fraction of sp³-hybridized carbons (Fsp3) is 0.500. The Morgan fingerprint density at radius 2 is 1.67 bits per heavy atom. The minimum Gasteiger partial charge on any atom is -0.317 e. The van der Waals surface area contributed by atoms with Crippen LogP contribution in [0.3, 0.4) is 0 Å². The number of carbonyl (C=O) groups excluding carboxylic acids is 1. The average Bonchev–Trinajstić information content (AvgIpc) is 3.08. The van der Waals surface area contributed by atoms with Crippen LogP contribution < -0.4 is 4.90 Å². The van der Waals surface area contributed by atoms with Gasteiger partial charge in [0, 0.05) is 12.1 Å². The molecule has 1 heterocycles. The highest BCUT2D eigenvalue weighted by Crippen LogP contribution is 2.50. The second-order valence-electron chi connectivity index (χ2n) is 10.4. The van der Waals surface area contributed by atoms with Crippen LogP contribution in [0.25, 0.3) is 0 Å². The minimum absolute atomic E-state index is 0.00429. The predicted octanol–water partition coefficient (Wildman–Crippen LogP) is 5.37. The summed E-state index contributed by atoms with van der Waals surface area (Å²) in [6.45, 7) is 1.53. The van der Waals surface area contributed by atoms with E-state index in [1.807, 2.05) is 29.2 Å². The molecule has 5 nitrogen and oxygen atoms in total. The van der Waals surface area contributed by atoms with E-state index in [9.17, 15) is 10.1 Å². The second-order valence-corrected chi connectivity index (χ2v) is 10.4. The third-order valence-corrected chi connectivity index (χ3v) is 8.64.